The van der Waals surface area contributed by atoms with Crippen LogP contribution in [0.25, 0.3) is 0 Å². The summed E-state index contributed by atoms with van der Waals surface area (Å²) in [7, 11) is 0. The predicted molar refractivity (Wildman–Crippen MR) is 105 cm³/mol. The Kier molecular flexibility index (Phi) is 6.61. The zero-order chi connectivity index (χ0) is 16.6. The summed E-state index contributed by atoms with van der Waals surface area (Å²) in [6.07, 6.45) is 9.65. The Morgan fingerprint density at radius 2 is 1.96 bits per heavy atom. The van der Waals surface area contributed by atoms with Crippen molar-refractivity contribution in [1.82, 2.24) is 15.2 Å². The Morgan fingerprint density at radius 1 is 1.12 bits per heavy atom. The van der Waals surface area contributed by atoms with Gasteiger partial charge in [0.25, 0.3) is 0 Å². The van der Waals surface area contributed by atoms with Crippen LogP contribution in [0.5, 0.6) is 0 Å². The molecule has 128 valence electrons. The third-order valence-electron chi connectivity index (χ3n) is 4.48. The highest BCUT2D eigenvalue weighted by Crippen LogP contribution is 2.19. The molecule has 0 atom stereocenters. The Labute approximate surface area is 154 Å². The number of pyridine rings is 1. The third kappa shape index (κ3) is 5.28. The van der Waals surface area contributed by atoms with Crippen molar-refractivity contribution in [3.8, 4) is 0 Å². The standard InChI is InChI=1S/C19H25N3S2/c23-19(21-16-8-3-1-2-4-9-16)22(15-18-11-7-13-24-18)14-17-10-5-6-12-20-17/h5-7,10-13,16H,1-4,8-9,14-15H2,(H,21,23). The fraction of sp³-hybridized carbons (Fsp3) is 0.474. The molecule has 1 fully saturated rings. The van der Waals surface area contributed by atoms with Crippen LogP contribution in [0.4, 0.5) is 0 Å². The first kappa shape index (κ1) is 17.4. The van der Waals surface area contributed by atoms with Gasteiger partial charge < -0.3 is 10.2 Å². The lowest BCUT2D eigenvalue weighted by Gasteiger charge is -2.28. The van der Waals surface area contributed by atoms with E-state index in [9.17, 15) is 0 Å². The van der Waals surface area contributed by atoms with Crippen molar-refractivity contribution in [3.05, 3.63) is 52.5 Å². The molecule has 0 radical (unpaired) electrons. The molecule has 1 aliphatic rings. The van der Waals surface area contributed by atoms with Crippen LogP contribution in [0, 0.1) is 0 Å². The van der Waals surface area contributed by atoms with Gasteiger partial charge in [-0.25, -0.2) is 0 Å². The quantitative estimate of drug-likeness (QED) is 0.616. The lowest BCUT2D eigenvalue weighted by atomic mass is 10.1. The Morgan fingerprint density at radius 3 is 2.62 bits per heavy atom. The average molecular weight is 360 g/mol. The number of rotatable bonds is 5. The van der Waals surface area contributed by atoms with Crippen LogP contribution < -0.4 is 5.32 Å². The number of nitrogens with one attached hydrogen (secondary N) is 1. The summed E-state index contributed by atoms with van der Waals surface area (Å²) in [4.78, 5) is 8.04. The highest BCUT2D eigenvalue weighted by molar-refractivity contribution is 7.80. The van der Waals surface area contributed by atoms with Gasteiger partial charge >= 0.3 is 0 Å². The van der Waals surface area contributed by atoms with Gasteiger partial charge in [0.05, 0.1) is 18.8 Å². The molecule has 1 saturated carbocycles. The first-order chi connectivity index (χ1) is 11.8. The second-order valence-corrected chi connectivity index (χ2v) is 7.81. The van der Waals surface area contributed by atoms with Gasteiger partial charge in [-0.3, -0.25) is 4.98 Å². The van der Waals surface area contributed by atoms with E-state index in [1.54, 1.807) is 11.3 Å². The van der Waals surface area contributed by atoms with E-state index in [1.165, 1.54) is 43.4 Å². The first-order valence-electron chi connectivity index (χ1n) is 8.79. The molecule has 2 heterocycles. The fourth-order valence-corrected chi connectivity index (χ4v) is 4.18. The van der Waals surface area contributed by atoms with Gasteiger partial charge in [-0.2, -0.15) is 0 Å². The maximum atomic E-state index is 5.76. The minimum Gasteiger partial charge on any atom is -0.360 e. The van der Waals surface area contributed by atoms with E-state index in [4.69, 9.17) is 12.2 Å². The molecule has 0 aliphatic heterocycles. The summed E-state index contributed by atoms with van der Waals surface area (Å²) in [6.45, 7) is 1.59. The topological polar surface area (TPSA) is 28.2 Å². The summed E-state index contributed by atoms with van der Waals surface area (Å²) in [5.41, 5.74) is 1.05. The number of thiophene rings is 1. The first-order valence-corrected chi connectivity index (χ1v) is 10.1. The molecule has 0 amide bonds. The summed E-state index contributed by atoms with van der Waals surface area (Å²) >= 11 is 7.54. The smallest absolute Gasteiger partial charge is 0.169 e. The summed E-state index contributed by atoms with van der Waals surface area (Å²) in [6, 6.07) is 10.8. The van der Waals surface area contributed by atoms with E-state index in [1.807, 2.05) is 18.3 Å². The van der Waals surface area contributed by atoms with Crippen molar-refractivity contribution in [2.24, 2.45) is 0 Å². The molecule has 24 heavy (non-hydrogen) atoms. The molecule has 3 nitrogen and oxygen atoms in total. The maximum Gasteiger partial charge on any atom is 0.169 e. The lowest BCUT2D eigenvalue weighted by Crippen LogP contribution is -2.43. The molecule has 0 spiro atoms. The summed E-state index contributed by atoms with van der Waals surface area (Å²) < 4.78 is 0. The second-order valence-electron chi connectivity index (χ2n) is 6.39. The molecule has 0 aromatic carbocycles. The number of aromatic nitrogens is 1. The summed E-state index contributed by atoms with van der Waals surface area (Å²) in [5.74, 6) is 0. The van der Waals surface area contributed by atoms with Gasteiger partial charge in [0.1, 0.15) is 0 Å². The molecule has 2 aromatic heterocycles. The molecular weight excluding hydrogens is 334 g/mol. The van der Waals surface area contributed by atoms with Crippen molar-refractivity contribution in [2.75, 3.05) is 0 Å². The van der Waals surface area contributed by atoms with Crippen LogP contribution in [0.3, 0.4) is 0 Å². The van der Waals surface area contributed by atoms with Crippen LogP contribution in [0.2, 0.25) is 0 Å². The molecule has 0 bridgehead atoms. The van der Waals surface area contributed by atoms with Crippen LogP contribution in [-0.2, 0) is 13.1 Å². The highest BCUT2D eigenvalue weighted by atomic mass is 32.1. The Bertz CT molecular complexity index is 605. The van der Waals surface area contributed by atoms with Crippen LogP contribution in [0.15, 0.2) is 41.9 Å². The largest absolute Gasteiger partial charge is 0.360 e. The lowest BCUT2D eigenvalue weighted by molar-refractivity contribution is 0.383. The monoisotopic (exact) mass is 359 g/mol. The molecule has 1 N–H and O–H groups in total. The molecule has 0 saturated heterocycles. The van der Waals surface area contributed by atoms with Gasteiger partial charge in [-0.05, 0) is 48.6 Å². The number of nitrogens with zero attached hydrogens (tertiary/aromatic N) is 2. The van der Waals surface area contributed by atoms with E-state index >= 15 is 0 Å². The number of hydrogen-bond acceptors (Lipinski definition) is 3. The van der Waals surface area contributed by atoms with Crippen LogP contribution in [-0.4, -0.2) is 21.0 Å². The van der Waals surface area contributed by atoms with Gasteiger partial charge in [-0.1, -0.05) is 37.8 Å². The van der Waals surface area contributed by atoms with E-state index in [-0.39, 0.29) is 0 Å². The minimum atomic E-state index is 0.523. The van der Waals surface area contributed by atoms with E-state index < -0.39 is 0 Å². The van der Waals surface area contributed by atoms with E-state index in [0.29, 0.717) is 6.04 Å². The van der Waals surface area contributed by atoms with Crippen LogP contribution >= 0.6 is 23.6 Å². The molecular formula is C19H25N3S2. The van der Waals surface area contributed by atoms with E-state index in [0.717, 1.165) is 23.9 Å². The fourth-order valence-electron chi connectivity index (χ4n) is 3.17. The zero-order valence-electron chi connectivity index (χ0n) is 14.0. The molecule has 5 heteroatoms. The molecule has 3 rings (SSSR count). The van der Waals surface area contributed by atoms with Crippen molar-refractivity contribution in [1.29, 1.82) is 0 Å². The minimum absolute atomic E-state index is 0.523. The average Bonchev–Trinajstić information content (AvgIpc) is 2.98. The van der Waals surface area contributed by atoms with Gasteiger partial charge in [0.2, 0.25) is 0 Å². The van der Waals surface area contributed by atoms with E-state index in [2.05, 4.69) is 38.8 Å². The predicted octanol–water partition coefficient (Wildman–Crippen LogP) is 4.74. The summed E-state index contributed by atoms with van der Waals surface area (Å²) in [5, 5.41) is 6.61. The van der Waals surface area contributed by atoms with Crippen LogP contribution in [0.1, 0.15) is 49.1 Å². The number of hydrogen-bond donors (Lipinski definition) is 1. The highest BCUT2D eigenvalue weighted by Gasteiger charge is 2.17. The zero-order valence-corrected chi connectivity index (χ0v) is 15.6. The second kappa shape index (κ2) is 9.14. The number of thiocarbonyl (C=S) groups is 1. The SMILES string of the molecule is S=C(NC1CCCCCC1)N(Cc1ccccn1)Cc1cccs1. The Hall–Kier alpha value is -1.46. The van der Waals surface area contributed by atoms with Crippen molar-refractivity contribution in [3.63, 3.8) is 0 Å². The Balaban J connectivity index is 1.66. The van der Waals surface area contributed by atoms with Crippen molar-refractivity contribution in [2.45, 2.75) is 57.7 Å². The van der Waals surface area contributed by atoms with Gasteiger partial charge in [0, 0.05) is 17.1 Å². The molecule has 2 aromatic rings. The van der Waals surface area contributed by atoms with Crippen molar-refractivity contribution < 1.29 is 0 Å². The third-order valence-corrected chi connectivity index (χ3v) is 5.71. The van der Waals surface area contributed by atoms with Gasteiger partial charge in [0.15, 0.2) is 5.11 Å². The van der Waals surface area contributed by atoms with Crippen molar-refractivity contribution >= 4 is 28.7 Å². The molecule has 0 unspecified atom stereocenters. The normalized spacial score (nSPS) is 15.7. The van der Waals surface area contributed by atoms with Gasteiger partial charge in [-0.15, -0.1) is 11.3 Å². The molecule has 1 aliphatic carbocycles. The maximum absolute atomic E-state index is 5.76.